The second kappa shape index (κ2) is 9.65. The molecule has 194 valence electrons. The monoisotopic (exact) mass is 526 g/mol. The predicted octanol–water partition coefficient (Wildman–Crippen LogP) is 9.97. The van der Waals surface area contributed by atoms with Gasteiger partial charge in [-0.2, -0.15) is 0 Å². The first kappa shape index (κ1) is 23.5. The smallest absolute Gasteiger partial charge is 0.143 e. The largest absolute Gasteiger partial charge is 0.455 e. The minimum atomic E-state index is 0.652. The number of furan rings is 1. The molecular weight excluding hydrogens is 500 g/mol. The Morgan fingerprint density at radius 3 is 2.24 bits per heavy atom. The van der Waals surface area contributed by atoms with Gasteiger partial charge in [0.25, 0.3) is 0 Å². The van der Waals surface area contributed by atoms with Gasteiger partial charge in [0.2, 0.25) is 0 Å². The molecule has 0 saturated heterocycles. The molecule has 0 atom stereocenters. The number of aromatic nitrogens is 1. The zero-order valence-electron chi connectivity index (χ0n) is 22.4. The summed E-state index contributed by atoms with van der Waals surface area (Å²) in [6, 6.07) is 48.9. The Balaban J connectivity index is 1.29. The third-order valence-corrected chi connectivity index (χ3v) is 7.91. The van der Waals surface area contributed by atoms with Gasteiger partial charge in [0, 0.05) is 38.9 Å². The van der Waals surface area contributed by atoms with Gasteiger partial charge in [-0.3, -0.25) is 4.99 Å². The highest BCUT2D eigenvalue weighted by Gasteiger charge is 2.17. The number of rotatable bonds is 5. The lowest BCUT2D eigenvalue weighted by Gasteiger charge is -2.11. The summed E-state index contributed by atoms with van der Waals surface area (Å²) in [6.45, 7) is 0.652. The topological polar surface area (TPSA) is 30.4 Å². The summed E-state index contributed by atoms with van der Waals surface area (Å²) in [4.78, 5) is 4.79. The van der Waals surface area contributed by atoms with E-state index in [-0.39, 0.29) is 0 Å². The molecule has 8 rings (SSSR count). The summed E-state index contributed by atoms with van der Waals surface area (Å²) < 4.78 is 8.74. The zero-order valence-corrected chi connectivity index (χ0v) is 22.4. The van der Waals surface area contributed by atoms with Gasteiger partial charge < -0.3 is 8.98 Å². The van der Waals surface area contributed by atoms with Crippen molar-refractivity contribution in [3.8, 4) is 16.8 Å². The van der Waals surface area contributed by atoms with Crippen LogP contribution in [-0.4, -0.2) is 10.8 Å². The molecular formula is C38H26N2O. The molecule has 2 aromatic heterocycles. The van der Waals surface area contributed by atoms with Crippen LogP contribution in [0, 0.1) is 0 Å². The fourth-order valence-corrected chi connectivity index (χ4v) is 6.01. The highest BCUT2D eigenvalue weighted by atomic mass is 16.3. The van der Waals surface area contributed by atoms with Crippen molar-refractivity contribution in [1.29, 1.82) is 0 Å². The van der Waals surface area contributed by atoms with E-state index in [4.69, 9.17) is 9.41 Å². The lowest BCUT2D eigenvalue weighted by atomic mass is 10.0. The molecule has 0 N–H and O–H groups in total. The summed E-state index contributed by atoms with van der Waals surface area (Å²) in [5.41, 5.74) is 9.82. The van der Waals surface area contributed by atoms with E-state index in [0.717, 1.165) is 49.8 Å². The molecule has 0 unspecified atom stereocenters. The summed E-state index contributed by atoms with van der Waals surface area (Å²) in [5.74, 6) is 0. The molecule has 0 amide bonds. The van der Waals surface area contributed by atoms with Gasteiger partial charge in [0.15, 0.2) is 0 Å². The highest BCUT2D eigenvalue weighted by Crippen LogP contribution is 2.39. The van der Waals surface area contributed by atoms with E-state index in [0.29, 0.717) is 6.54 Å². The zero-order chi connectivity index (χ0) is 27.2. The first-order valence-electron chi connectivity index (χ1n) is 13.9. The van der Waals surface area contributed by atoms with Crippen LogP contribution in [0.2, 0.25) is 0 Å². The SMILES string of the molecule is C(=N\Cc1ccccc1)/c1ccccc1-n1c2ccccc2c2cc(-c3cccc4c3oc3ccccc34)ccc21. The van der Waals surface area contributed by atoms with E-state index >= 15 is 0 Å². The van der Waals surface area contributed by atoms with Crippen molar-refractivity contribution in [2.24, 2.45) is 4.99 Å². The van der Waals surface area contributed by atoms with Crippen molar-refractivity contribution in [3.05, 3.63) is 151 Å². The number of aliphatic imine (C=N–C) groups is 1. The van der Waals surface area contributed by atoms with Crippen molar-refractivity contribution in [1.82, 2.24) is 4.57 Å². The first-order chi connectivity index (χ1) is 20.3. The van der Waals surface area contributed by atoms with Crippen LogP contribution in [0.3, 0.4) is 0 Å². The van der Waals surface area contributed by atoms with Gasteiger partial charge in [0.05, 0.1) is 23.3 Å². The number of hydrogen-bond donors (Lipinski definition) is 0. The highest BCUT2D eigenvalue weighted by molar-refractivity contribution is 6.13. The van der Waals surface area contributed by atoms with Gasteiger partial charge in [-0.05, 0) is 41.5 Å². The third kappa shape index (κ3) is 3.94. The molecule has 6 aromatic carbocycles. The number of hydrogen-bond acceptors (Lipinski definition) is 2. The number of fused-ring (bicyclic) bond motifs is 6. The minimum Gasteiger partial charge on any atom is -0.455 e. The van der Waals surface area contributed by atoms with Crippen molar-refractivity contribution in [3.63, 3.8) is 0 Å². The molecule has 0 aliphatic rings. The Hall–Kier alpha value is -5.41. The molecule has 0 spiro atoms. The summed E-state index contributed by atoms with van der Waals surface area (Å²) >= 11 is 0. The Morgan fingerprint density at radius 2 is 1.32 bits per heavy atom. The Labute approximate surface area is 237 Å². The quantitative estimate of drug-likeness (QED) is 0.205. The van der Waals surface area contributed by atoms with Gasteiger partial charge in [-0.25, -0.2) is 0 Å². The molecule has 0 saturated carbocycles. The summed E-state index contributed by atoms with van der Waals surface area (Å²) in [5, 5.41) is 4.72. The van der Waals surface area contributed by atoms with E-state index in [1.807, 2.05) is 24.4 Å². The predicted molar refractivity (Wildman–Crippen MR) is 171 cm³/mol. The normalized spacial score (nSPS) is 11.9. The van der Waals surface area contributed by atoms with Crippen LogP contribution < -0.4 is 0 Å². The molecule has 3 heteroatoms. The second-order valence-corrected chi connectivity index (χ2v) is 10.4. The molecule has 0 aliphatic heterocycles. The van der Waals surface area contributed by atoms with Crippen molar-refractivity contribution < 1.29 is 4.42 Å². The van der Waals surface area contributed by atoms with Gasteiger partial charge in [-0.15, -0.1) is 0 Å². The van der Waals surface area contributed by atoms with E-state index < -0.39 is 0 Å². The maximum Gasteiger partial charge on any atom is 0.143 e. The summed E-state index contributed by atoms with van der Waals surface area (Å²) in [6.07, 6.45) is 2.00. The maximum absolute atomic E-state index is 6.38. The lowest BCUT2D eigenvalue weighted by molar-refractivity contribution is 0.670. The van der Waals surface area contributed by atoms with E-state index in [1.165, 1.54) is 21.9 Å². The van der Waals surface area contributed by atoms with E-state index in [9.17, 15) is 0 Å². The van der Waals surface area contributed by atoms with Crippen LogP contribution in [0.15, 0.2) is 149 Å². The van der Waals surface area contributed by atoms with Crippen LogP contribution in [-0.2, 0) is 6.54 Å². The molecule has 0 radical (unpaired) electrons. The molecule has 8 aromatic rings. The third-order valence-electron chi connectivity index (χ3n) is 7.91. The standard InChI is InChI=1S/C38H26N2O/c1-2-11-26(12-3-1)24-39-25-28-13-4-7-18-34(28)40-35-19-8-5-14-30(35)33-23-27(21-22-36(33)40)29-16-10-17-32-31-15-6-9-20-37(31)41-38(29)32/h1-23,25H,24H2/b39-25+. The number of para-hydroxylation sites is 4. The average Bonchev–Trinajstić information content (AvgIpc) is 3.57. The number of nitrogens with zero attached hydrogens (tertiary/aromatic N) is 2. The lowest BCUT2D eigenvalue weighted by Crippen LogP contribution is -1.99. The van der Waals surface area contributed by atoms with Gasteiger partial charge >= 0.3 is 0 Å². The van der Waals surface area contributed by atoms with Crippen LogP contribution in [0.5, 0.6) is 0 Å². The molecule has 0 aliphatic carbocycles. The molecule has 2 heterocycles. The molecule has 0 fully saturated rings. The van der Waals surface area contributed by atoms with E-state index in [2.05, 4.69) is 126 Å². The Kier molecular flexibility index (Phi) is 5.53. The van der Waals surface area contributed by atoms with Crippen LogP contribution in [0.1, 0.15) is 11.1 Å². The van der Waals surface area contributed by atoms with Gasteiger partial charge in [-0.1, -0.05) is 109 Å². The fourth-order valence-electron chi connectivity index (χ4n) is 6.01. The molecule has 41 heavy (non-hydrogen) atoms. The molecule has 3 nitrogen and oxygen atoms in total. The second-order valence-electron chi connectivity index (χ2n) is 10.4. The minimum absolute atomic E-state index is 0.652. The van der Waals surface area contributed by atoms with Crippen molar-refractivity contribution >= 4 is 50.0 Å². The van der Waals surface area contributed by atoms with Crippen LogP contribution >= 0.6 is 0 Å². The fraction of sp³-hybridized carbons (Fsp3) is 0.0263. The van der Waals surface area contributed by atoms with Gasteiger partial charge in [0.1, 0.15) is 11.2 Å². The number of benzene rings is 6. The van der Waals surface area contributed by atoms with Crippen molar-refractivity contribution in [2.75, 3.05) is 0 Å². The van der Waals surface area contributed by atoms with Crippen LogP contribution in [0.4, 0.5) is 0 Å². The average molecular weight is 527 g/mol. The van der Waals surface area contributed by atoms with E-state index in [1.54, 1.807) is 0 Å². The maximum atomic E-state index is 6.38. The van der Waals surface area contributed by atoms with Crippen molar-refractivity contribution in [2.45, 2.75) is 6.54 Å². The summed E-state index contributed by atoms with van der Waals surface area (Å²) in [7, 11) is 0. The first-order valence-corrected chi connectivity index (χ1v) is 13.9. The Bertz CT molecular complexity index is 2230. The Morgan fingerprint density at radius 1 is 0.585 bits per heavy atom. The van der Waals surface area contributed by atoms with Crippen LogP contribution in [0.25, 0.3) is 60.6 Å². The molecule has 0 bridgehead atoms.